The molecule has 0 amide bonds. The molecule has 0 unspecified atom stereocenters. The van der Waals surface area contributed by atoms with Gasteiger partial charge in [-0.2, -0.15) is 13.2 Å². The van der Waals surface area contributed by atoms with Crippen LogP contribution in [0.4, 0.5) is 13.2 Å². The largest absolute Gasteiger partial charge is 2.00 e. The van der Waals surface area contributed by atoms with E-state index in [4.69, 9.17) is 0 Å². The smallest absolute Gasteiger partial charge is 0.573 e. The zero-order valence-electron chi connectivity index (χ0n) is 18.3. The molecule has 0 aliphatic heterocycles. The Morgan fingerprint density at radius 2 is 1.76 bits per heavy atom. The molecular formula is C23H18F3N7Pt. The van der Waals surface area contributed by atoms with E-state index >= 15 is 0 Å². The Morgan fingerprint density at radius 1 is 0.971 bits per heavy atom. The minimum atomic E-state index is -4.57. The van der Waals surface area contributed by atoms with Gasteiger partial charge in [0.15, 0.2) is 0 Å². The van der Waals surface area contributed by atoms with Gasteiger partial charge in [-0.15, -0.1) is 0 Å². The van der Waals surface area contributed by atoms with Crippen molar-refractivity contribution in [3.8, 4) is 11.4 Å². The van der Waals surface area contributed by atoms with Crippen molar-refractivity contribution in [2.24, 2.45) is 0 Å². The van der Waals surface area contributed by atoms with Crippen LogP contribution < -0.4 is 5.10 Å². The van der Waals surface area contributed by atoms with E-state index in [1.165, 1.54) is 6.07 Å². The molecule has 0 aliphatic carbocycles. The van der Waals surface area contributed by atoms with E-state index in [1.807, 2.05) is 12.1 Å². The molecule has 0 saturated carbocycles. The van der Waals surface area contributed by atoms with Gasteiger partial charge in [0.05, 0.1) is 11.9 Å². The first-order chi connectivity index (χ1) is 15.6. The van der Waals surface area contributed by atoms with Gasteiger partial charge < -0.3 is 25.1 Å². The minimum Gasteiger partial charge on any atom is -0.573 e. The SMILES string of the molecule is CC(C)(C)c1cc(-c2cnccn2)[n-]n1.FC(F)(F)c1n[c-]c2c(ccc3cccnc32)n1.[Pt+2]. The fourth-order valence-electron chi connectivity index (χ4n) is 2.93. The maximum atomic E-state index is 12.5. The van der Waals surface area contributed by atoms with E-state index < -0.39 is 12.0 Å². The second-order valence-electron chi connectivity index (χ2n) is 8.15. The van der Waals surface area contributed by atoms with Crippen LogP contribution in [0, 0.1) is 6.20 Å². The van der Waals surface area contributed by atoms with E-state index in [-0.39, 0.29) is 32.0 Å². The molecule has 0 spiro atoms. The zero-order chi connectivity index (χ0) is 23.6. The van der Waals surface area contributed by atoms with E-state index in [2.05, 4.69) is 62.1 Å². The number of benzene rings is 1. The Bertz CT molecular complexity index is 1400. The monoisotopic (exact) mass is 644 g/mol. The Kier molecular flexibility index (Phi) is 7.41. The molecule has 5 aromatic rings. The second-order valence-corrected chi connectivity index (χ2v) is 8.15. The molecule has 4 heterocycles. The van der Waals surface area contributed by atoms with Crippen LogP contribution in [0.25, 0.3) is 33.2 Å². The zero-order valence-corrected chi connectivity index (χ0v) is 20.5. The summed E-state index contributed by atoms with van der Waals surface area (Å²) in [6.07, 6.45) is 4.36. The molecule has 0 bridgehead atoms. The van der Waals surface area contributed by atoms with Gasteiger partial charge in [-0.1, -0.05) is 56.1 Å². The van der Waals surface area contributed by atoms with Crippen molar-refractivity contribution >= 4 is 21.8 Å². The van der Waals surface area contributed by atoms with Crippen molar-refractivity contribution < 1.29 is 34.2 Å². The predicted octanol–water partition coefficient (Wildman–Crippen LogP) is 4.79. The third kappa shape index (κ3) is 5.62. The van der Waals surface area contributed by atoms with Gasteiger partial charge in [-0.25, -0.2) is 0 Å². The summed E-state index contributed by atoms with van der Waals surface area (Å²) >= 11 is 0. The van der Waals surface area contributed by atoms with Gasteiger partial charge in [-0.05, 0) is 28.7 Å². The topological polar surface area (TPSA) is 91.4 Å². The summed E-state index contributed by atoms with van der Waals surface area (Å²) in [5.41, 5.74) is 3.27. The summed E-state index contributed by atoms with van der Waals surface area (Å²) in [6.45, 7) is 6.33. The van der Waals surface area contributed by atoms with Crippen LogP contribution in [0.5, 0.6) is 0 Å². The van der Waals surface area contributed by atoms with Crippen LogP contribution in [0.1, 0.15) is 32.3 Å². The Hall–Kier alpha value is -3.26. The summed E-state index contributed by atoms with van der Waals surface area (Å²) in [4.78, 5) is 19.0. The van der Waals surface area contributed by atoms with Gasteiger partial charge in [-0.3, -0.25) is 9.97 Å². The maximum Gasteiger partial charge on any atom is 2.00 e. The molecule has 34 heavy (non-hydrogen) atoms. The molecule has 0 atom stereocenters. The second kappa shape index (κ2) is 9.93. The van der Waals surface area contributed by atoms with Crippen molar-refractivity contribution in [3.05, 3.63) is 72.8 Å². The Balaban J connectivity index is 0.000000188. The van der Waals surface area contributed by atoms with Crippen molar-refractivity contribution in [3.63, 3.8) is 0 Å². The number of fused-ring (bicyclic) bond motifs is 3. The Morgan fingerprint density at radius 3 is 2.41 bits per heavy atom. The fourth-order valence-corrected chi connectivity index (χ4v) is 2.93. The van der Waals surface area contributed by atoms with Gasteiger partial charge >= 0.3 is 27.2 Å². The average molecular weight is 645 g/mol. The van der Waals surface area contributed by atoms with Crippen LogP contribution >= 0.6 is 0 Å². The van der Waals surface area contributed by atoms with Gasteiger partial charge in [0.1, 0.15) is 5.82 Å². The molecule has 176 valence electrons. The molecule has 0 fully saturated rings. The van der Waals surface area contributed by atoms with Crippen LogP contribution in [-0.2, 0) is 32.7 Å². The summed E-state index contributed by atoms with van der Waals surface area (Å²) in [5, 5.41) is 9.45. The number of alkyl halides is 3. The molecule has 11 heteroatoms. The van der Waals surface area contributed by atoms with Gasteiger partial charge in [0.2, 0.25) is 0 Å². The molecule has 7 nitrogen and oxygen atoms in total. The maximum absolute atomic E-state index is 12.5. The minimum absolute atomic E-state index is 0. The summed E-state index contributed by atoms with van der Waals surface area (Å²) in [5.74, 6) is -1.19. The quantitative estimate of drug-likeness (QED) is 0.192. The number of nitrogens with zero attached hydrogens (tertiary/aromatic N) is 7. The number of halogens is 3. The molecule has 0 N–H and O–H groups in total. The van der Waals surface area contributed by atoms with Crippen LogP contribution in [0.15, 0.2) is 55.1 Å². The van der Waals surface area contributed by atoms with Crippen LogP contribution in [0.2, 0.25) is 0 Å². The number of hydrogen-bond acceptors (Lipinski definition) is 6. The summed E-state index contributed by atoms with van der Waals surface area (Å²) < 4.78 is 37.4. The molecular weight excluding hydrogens is 626 g/mol. The van der Waals surface area contributed by atoms with E-state index in [0.717, 1.165) is 22.5 Å². The van der Waals surface area contributed by atoms with E-state index in [9.17, 15) is 13.2 Å². The predicted molar refractivity (Wildman–Crippen MR) is 116 cm³/mol. The van der Waals surface area contributed by atoms with Crippen molar-refractivity contribution in [2.45, 2.75) is 32.4 Å². The molecule has 1 aromatic carbocycles. The van der Waals surface area contributed by atoms with E-state index in [1.54, 1.807) is 36.9 Å². The Labute approximate surface area is 207 Å². The van der Waals surface area contributed by atoms with Crippen molar-refractivity contribution in [1.29, 1.82) is 0 Å². The normalized spacial score (nSPS) is 11.6. The first-order valence-corrected chi connectivity index (χ1v) is 9.90. The van der Waals surface area contributed by atoms with Crippen LogP contribution in [0.3, 0.4) is 0 Å². The third-order valence-electron chi connectivity index (χ3n) is 4.64. The molecule has 0 saturated heterocycles. The number of pyridine rings is 1. The van der Waals surface area contributed by atoms with Gasteiger partial charge in [0, 0.05) is 29.7 Å². The molecule has 0 radical (unpaired) electrons. The first kappa shape index (κ1) is 25.4. The van der Waals surface area contributed by atoms with Crippen molar-refractivity contribution in [1.82, 2.24) is 35.1 Å². The third-order valence-corrected chi connectivity index (χ3v) is 4.64. The van der Waals surface area contributed by atoms with E-state index in [0.29, 0.717) is 10.9 Å². The van der Waals surface area contributed by atoms with Gasteiger partial charge in [0.25, 0.3) is 0 Å². The number of rotatable bonds is 1. The number of aromatic nitrogens is 7. The van der Waals surface area contributed by atoms with Crippen LogP contribution in [-0.4, -0.2) is 30.0 Å². The molecule has 4 aromatic heterocycles. The summed E-state index contributed by atoms with van der Waals surface area (Å²) in [6, 6.07) is 8.70. The molecule has 0 aliphatic rings. The fraction of sp³-hybridized carbons (Fsp3) is 0.217. The number of hydrogen-bond donors (Lipinski definition) is 0. The first-order valence-electron chi connectivity index (χ1n) is 9.90. The molecule has 5 rings (SSSR count). The standard InChI is InChI=1S/C12H5F3N3.C11H13N4.Pt/c13-12(14,15)11-17-6-8-9(18-11)4-3-7-2-1-5-16-10(7)8;1-11(2,3)10-6-8(14-15-10)9-7-12-4-5-13-9;/h1-5H;4-7H,1-3H3;/q2*-1;+2. The average Bonchev–Trinajstić information content (AvgIpc) is 3.30. The van der Waals surface area contributed by atoms with Crippen molar-refractivity contribution in [2.75, 3.05) is 0 Å². The summed E-state index contributed by atoms with van der Waals surface area (Å²) in [7, 11) is 0.